The molecule has 0 saturated heterocycles. The Kier molecular flexibility index (Phi) is 3.48. The Morgan fingerprint density at radius 1 is 1.69 bits per heavy atom. The molecule has 0 saturated carbocycles. The van der Waals surface area contributed by atoms with Crippen LogP contribution in [0.15, 0.2) is 6.20 Å². The van der Waals surface area contributed by atoms with E-state index in [0.717, 1.165) is 6.20 Å². The van der Waals surface area contributed by atoms with Gasteiger partial charge in [0.2, 0.25) is 0 Å². The second-order valence-corrected chi connectivity index (χ2v) is 2.83. The van der Waals surface area contributed by atoms with Crippen molar-refractivity contribution in [1.82, 2.24) is 4.98 Å². The van der Waals surface area contributed by atoms with Crippen LogP contribution in [0.2, 0.25) is 0 Å². The lowest BCUT2D eigenvalue weighted by molar-refractivity contribution is 0.0694. The molecule has 0 fully saturated rings. The van der Waals surface area contributed by atoms with Crippen LogP contribution in [0.25, 0.3) is 0 Å². The maximum Gasteiger partial charge on any atom is 0.337 e. The molecule has 0 bridgehead atoms. The summed E-state index contributed by atoms with van der Waals surface area (Å²) in [5.74, 6) is -1.47. The zero-order valence-electron chi connectivity index (χ0n) is 7.94. The van der Waals surface area contributed by atoms with E-state index in [1.165, 1.54) is 0 Å². The molecule has 1 heterocycles. The lowest BCUT2D eigenvalue weighted by atomic mass is 10.0. The van der Waals surface area contributed by atoms with Gasteiger partial charge in [-0.15, -0.1) is 0 Å². The van der Waals surface area contributed by atoms with Gasteiger partial charge in [0.25, 0.3) is 6.43 Å². The Hall–Kier alpha value is -2.07. The molecule has 1 rings (SSSR count). The highest BCUT2D eigenvalue weighted by molar-refractivity contribution is 5.92. The number of hydrogen-bond donors (Lipinski definition) is 2. The number of hydrogen-bond acceptors (Lipinski definition) is 4. The van der Waals surface area contributed by atoms with Crippen molar-refractivity contribution < 1.29 is 18.7 Å². The van der Waals surface area contributed by atoms with Gasteiger partial charge in [-0.3, -0.25) is 4.98 Å². The fraction of sp³-hybridized carbons (Fsp3) is 0.222. The Balaban J connectivity index is 3.58. The topological polar surface area (TPSA) is 100 Å². The molecule has 16 heavy (non-hydrogen) atoms. The highest BCUT2D eigenvalue weighted by atomic mass is 19.3. The Morgan fingerprint density at radius 3 is 2.69 bits per heavy atom. The minimum Gasteiger partial charge on any atom is -0.478 e. The van der Waals surface area contributed by atoms with Gasteiger partial charge < -0.3 is 10.8 Å². The first-order valence-corrected chi connectivity index (χ1v) is 4.16. The molecular weight excluding hydrogens is 220 g/mol. The van der Waals surface area contributed by atoms with Gasteiger partial charge in [0, 0.05) is 18.3 Å². The molecule has 7 heteroatoms. The third kappa shape index (κ3) is 1.97. The number of nitrogens with zero attached hydrogens (tertiary/aromatic N) is 2. The first-order valence-electron chi connectivity index (χ1n) is 4.16. The van der Waals surface area contributed by atoms with E-state index in [1.807, 2.05) is 0 Å². The van der Waals surface area contributed by atoms with Gasteiger partial charge in [0.15, 0.2) is 0 Å². The number of aromatic nitrogens is 1. The van der Waals surface area contributed by atoms with Crippen LogP contribution in [0.1, 0.15) is 33.6 Å². The Bertz CT molecular complexity index is 469. The summed E-state index contributed by atoms with van der Waals surface area (Å²) < 4.78 is 25.0. The van der Waals surface area contributed by atoms with Gasteiger partial charge >= 0.3 is 5.97 Å². The van der Waals surface area contributed by atoms with Gasteiger partial charge in [-0.25, -0.2) is 13.6 Å². The van der Waals surface area contributed by atoms with Crippen LogP contribution in [0, 0.1) is 11.3 Å². The largest absolute Gasteiger partial charge is 0.478 e. The van der Waals surface area contributed by atoms with Gasteiger partial charge in [0.05, 0.1) is 11.1 Å². The van der Waals surface area contributed by atoms with Crippen molar-refractivity contribution in [3.8, 4) is 6.07 Å². The summed E-state index contributed by atoms with van der Waals surface area (Å²) in [5, 5.41) is 17.5. The Morgan fingerprint density at radius 2 is 2.31 bits per heavy atom. The molecule has 0 amide bonds. The SMILES string of the molecule is N#Cc1cnc(C(F)F)c(CN)c1C(=O)O. The number of halogens is 2. The third-order valence-corrected chi connectivity index (χ3v) is 1.96. The summed E-state index contributed by atoms with van der Waals surface area (Å²) in [4.78, 5) is 14.2. The molecule has 84 valence electrons. The first kappa shape index (κ1) is 12.0. The molecule has 0 unspecified atom stereocenters. The fourth-order valence-electron chi connectivity index (χ4n) is 1.29. The quantitative estimate of drug-likeness (QED) is 0.803. The lowest BCUT2D eigenvalue weighted by Crippen LogP contribution is -2.14. The summed E-state index contributed by atoms with van der Waals surface area (Å²) in [6, 6.07) is 1.57. The van der Waals surface area contributed by atoms with Crippen molar-refractivity contribution in [2.75, 3.05) is 0 Å². The van der Waals surface area contributed by atoms with Gasteiger partial charge in [0.1, 0.15) is 11.8 Å². The molecular formula is C9H7F2N3O2. The van der Waals surface area contributed by atoms with Crippen molar-refractivity contribution in [3.05, 3.63) is 28.6 Å². The molecule has 0 aliphatic carbocycles. The number of nitrogens with two attached hydrogens (primary N) is 1. The average Bonchev–Trinajstić information content (AvgIpc) is 2.26. The van der Waals surface area contributed by atoms with E-state index in [1.54, 1.807) is 6.07 Å². The van der Waals surface area contributed by atoms with Crippen LogP contribution < -0.4 is 5.73 Å². The standard InChI is InChI=1S/C9H7F2N3O2/c10-8(11)7-5(2-13)6(9(15)16)4(1-12)3-14-7/h3,8H,2,13H2,(H,15,16). The monoisotopic (exact) mass is 227 g/mol. The number of carbonyl (C=O) groups is 1. The predicted molar refractivity (Wildman–Crippen MR) is 48.8 cm³/mol. The first-order chi connectivity index (χ1) is 7.52. The summed E-state index contributed by atoms with van der Waals surface area (Å²) in [7, 11) is 0. The van der Waals surface area contributed by atoms with E-state index >= 15 is 0 Å². The molecule has 5 nitrogen and oxygen atoms in total. The second kappa shape index (κ2) is 4.63. The fourth-order valence-corrected chi connectivity index (χ4v) is 1.29. The van der Waals surface area contributed by atoms with Crippen molar-refractivity contribution in [2.45, 2.75) is 13.0 Å². The van der Waals surface area contributed by atoms with Crippen molar-refractivity contribution in [3.63, 3.8) is 0 Å². The second-order valence-electron chi connectivity index (χ2n) is 2.83. The zero-order chi connectivity index (χ0) is 12.3. The van der Waals surface area contributed by atoms with Crippen LogP contribution in [-0.2, 0) is 6.54 Å². The normalized spacial score (nSPS) is 10.2. The minimum atomic E-state index is -2.93. The van der Waals surface area contributed by atoms with E-state index < -0.39 is 30.2 Å². The van der Waals surface area contributed by atoms with Gasteiger partial charge in [-0.2, -0.15) is 5.26 Å². The van der Waals surface area contributed by atoms with Gasteiger partial charge in [-0.1, -0.05) is 0 Å². The van der Waals surface area contributed by atoms with Gasteiger partial charge in [-0.05, 0) is 0 Å². The molecule has 0 aliphatic rings. The molecule has 0 aliphatic heterocycles. The number of pyridine rings is 1. The van der Waals surface area contributed by atoms with E-state index in [2.05, 4.69) is 4.98 Å². The van der Waals surface area contributed by atoms with E-state index in [-0.39, 0.29) is 11.1 Å². The third-order valence-electron chi connectivity index (χ3n) is 1.96. The number of carboxylic acid groups (broad SMARTS) is 1. The molecule has 0 radical (unpaired) electrons. The van der Waals surface area contributed by atoms with Crippen molar-refractivity contribution in [2.24, 2.45) is 5.73 Å². The van der Waals surface area contributed by atoms with E-state index in [0.29, 0.717) is 0 Å². The van der Waals surface area contributed by atoms with Crippen LogP contribution >= 0.6 is 0 Å². The van der Waals surface area contributed by atoms with E-state index in [9.17, 15) is 13.6 Å². The maximum absolute atomic E-state index is 12.5. The number of rotatable bonds is 3. The molecule has 0 atom stereocenters. The number of carboxylic acids is 1. The minimum absolute atomic E-state index is 0.280. The summed E-state index contributed by atoms with van der Waals surface area (Å²) in [6.45, 7) is -0.413. The highest BCUT2D eigenvalue weighted by Gasteiger charge is 2.23. The molecule has 3 N–H and O–H groups in total. The van der Waals surface area contributed by atoms with Crippen LogP contribution in [0.3, 0.4) is 0 Å². The van der Waals surface area contributed by atoms with Crippen molar-refractivity contribution in [1.29, 1.82) is 5.26 Å². The summed E-state index contributed by atoms with van der Waals surface area (Å²) in [6.07, 6.45) is -2.12. The average molecular weight is 227 g/mol. The van der Waals surface area contributed by atoms with Crippen LogP contribution in [-0.4, -0.2) is 16.1 Å². The summed E-state index contributed by atoms with van der Waals surface area (Å²) >= 11 is 0. The Labute approximate surface area is 89.1 Å². The van der Waals surface area contributed by atoms with Crippen molar-refractivity contribution >= 4 is 5.97 Å². The molecule has 1 aromatic rings. The highest BCUT2D eigenvalue weighted by Crippen LogP contribution is 2.25. The summed E-state index contributed by atoms with van der Waals surface area (Å²) in [5.41, 5.74) is 3.42. The lowest BCUT2D eigenvalue weighted by Gasteiger charge is -2.10. The maximum atomic E-state index is 12.5. The number of aromatic carboxylic acids is 1. The zero-order valence-corrected chi connectivity index (χ0v) is 7.94. The smallest absolute Gasteiger partial charge is 0.337 e. The molecule has 0 spiro atoms. The molecule has 0 aromatic carbocycles. The van der Waals surface area contributed by atoms with Crippen LogP contribution in [0.5, 0.6) is 0 Å². The molecule has 1 aromatic heterocycles. The predicted octanol–water partition coefficient (Wildman–Crippen LogP) is 1.05. The van der Waals surface area contributed by atoms with E-state index in [4.69, 9.17) is 16.1 Å². The van der Waals surface area contributed by atoms with Crippen LogP contribution in [0.4, 0.5) is 8.78 Å². The number of alkyl halides is 2. The number of nitriles is 1.